The van der Waals surface area contributed by atoms with Crippen LogP contribution < -0.4 is 19.3 Å². The second-order valence-electron chi connectivity index (χ2n) is 9.09. The summed E-state index contributed by atoms with van der Waals surface area (Å²) in [6, 6.07) is 22.4. The third-order valence-electron chi connectivity index (χ3n) is 6.46. The van der Waals surface area contributed by atoms with Crippen LogP contribution in [-0.4, -0.2) is 31.6 Å². The first-order valence-corrected chi connectivity index (χ1v) is 13.2. The number of barbiturate groups is 1. The molecule has 0 unspecified atom stereocenters. The van der Waals surface area contributed by atoms with E-state index in [0.29, 0.717) is 38.3 Å². The summed E-state index contributed by atoms with van der Waals surface area (Å²) in [6.07, 6.45) is 3.07. The number of hydrogen-bond donors (Lipinski definition) is 0. The van der Waals surface area contributed by atoms with Gasteiger partial charge in [-0.2, -0.15) is 0 Å². The van der Waals surface area contributed by atoms with Crippen LogP contribution in [0.15, 0.2) is 102 Å². The third-order valence-corrected chi connectivity index (χ3v) is 7.05. The van der Waals surface area contributed by atoms with E-state index >= 15 is 0 Å². The van der Waals surface area contributed by atoms with Crippen molar-refractivity contribution in [1.29, 1.82) is 0 Å². The van der Waals surface area contributed by atoms with E-state index in [2.05, 4.69) is 22.5 Å². The van der Waals surface area contributed by atoms with Gasteiger partial charge in [-0.15, -0.1) is 0 Å². The van der Waals surface area contributed by atoms with Crippen molar-refractivity contribution in [1.82, 2.24) is 0 Å². The van der Waals surface area contributed by atoms with Crippen LogP contribution >= 0.6 is 15.9 Å². The Bertz CT molecular complexity index is 1690. The number of carbonyl (C=O) groups is 3. The van der Waals surface area contributed by atoms with Crippen LogP contribution in [0.3, 0.4) is 0 Å². The molecule has 0 aliphatic carbocycles. The highest BCUT2D eigenvalue weighted by molar-refractivity contribution is 9.10. The molecule has 0 N–H and O–H groups in total. The van der Waals surface area contributed by atoms with Crippen LogP contribution in [0.5, 0.6) is 11.5 Å². The van der Waals surface area contributed by atoms with E-state index in [0.717, 1.165) is 20.7 Å². The van der Waals surface area contributed by atoms with Crippen LogP contribution in [0.2, 0.25) is 0 Å². The second-order valence-corrected chi connectivity index (χ2v) is 9.94. The number of amides is 4. The first-order valence-electron chi connectivity index (χ1n) is 12.4. The number of fused-ring (bicyclic) bond motifs is 1. The molecule has 0 saturated carbocycles. The number of anilines is 2. The molecule has 7 nitrogen and oxygen atoms in total. The maximum absolute atomic E-state index is 14.0. The lowest BCUT2D eigenvalue weighted by molar-refractivity contribution is -0.121. The summed E-state index contributed by atoms with van der Waals surface area (Å²) < 4.78 is 11.8. The van der Waals surface area contributed by atoms with E-state index in [4.69, 9.17) is 9.47 Å². The fourth-order valence-electron chi connectivity index (χ4n) is 4.54. The van der Waals surface area contributed by atoms with E-state index in [1.165, 1.54) is 13.2 Å². The zero-order valence-corrected chi connectivity index (χ0v) is 23.5. The van der Waals surface area contributed by atoms with Gasteiger partial charge in [0.1, 0.15) is 12.2 Å². The molecule has 0 atom stereocenters. The van der Waals surface area contributed by atoms with Gasteiger partial charge in [-0.25, -0.2) is 14.6 Å². The number of imide groups is 2. The SMILES string of the molecule is C=CCOc1c(Br)cc(/C=C2\C(=O)N(c3ccc(C)cc3)C(=O)N(c3cccc4ccccc34)C2=O)cc1OC. The Morgan fingerprint density at radius 3 is 2.33 bits per heavy atom. The summed E-state index contributed by atoms with van der Waals surface area (Å²) in [5, 5.41) is 1.56. The van der Waals surface area contributed by atoms with Crippen molar-refractivity contribution in [3.05, 3.63) is 113 Å². The van der Waals surface area contributed by atoms with Gasteiger partial charge in [-0.3, -0.25) is 9.59 Å². The lowest BCUT2D eigenvalue weighted by Gasteiger charge is -2.34. The number of aryl methyl sites for hydroxylation is 1. The van der Waals surface area contributed by atoms with Crippen molar-refractivity contribution >= 4 is 62.0 Å². The summed E-state index contributed by atoms with van der Waals surface area (Å²) in [6.45, 7) is 5.84. The largest absolute Gasteiger partial charge is 0.493 e. The van der Waals surface area contributed by atoms with Crippen LogP contribution in [0.25, 0.3) is 16.8 Å². The molecule has 1 heterocycles. The molecule has 4 aromatic rings. The average Bonchev–Trinajstić information content (AvgIpc) is 2.95. The minimum Gasteiger partial charge on any atom is -0.493 e. The highest BCUT2D eigenvalue weighted by Crippen LogP contribution is 2.38. The average molecular weight is 597 g/mol. The maximum atomic E-state index is 14.0. The number of halogens is 1. The molecule has 0 spiro atoms. The van der Waals surface area contributed by atoms with E-state index < -0.39 is 17.8 Å². The van der Waals surface area contributed by atoms with E-state index in [1.807, 2.05) is 49.4 Å². The molecule has 4 amide bonds. The van der Waals surface area contributed by atoms with Gasteiger partial charge in [0.2, 0.25) is 0 Å². The highest BCUT2D eigenvalue weighted by atomic mass is 79.9. The van der Waals surface area contributed by atoms with Crippen LogP contribution in [0, 0.1) is 6.92 Å². The van der Waals surface area contributed by atoms with Crippen molar-refractivity contribution < 1.29 is 23.9 Å². The lowest BCUT2D eigenvalue weighted by Crippen LogP contribution is -2.57. The molecule has 4 aromatic carbocycles. The number of ether oxygens (including phenoxy) is 2. The summed E-state index contributed by atoms with van der Waals surface area (Å²) >= 11 is 3.49. The molecule has 1 aliphatic rings. The van der Waals surface area contributed by atoms with Gasteiger partial charge in [0.25, 0.3) is 11.8 Å². The summed E-state index contributed by atoms with van der Waals surface area (Å²) in [5.74, 6) is -0.593. The monoisotopic (exact) mass is 596 g/mol. The highest BCUT2D eigenvalue weighted by Gasteiger charge is 2.44. The molecule has 200 valence electrons. The molecule has 0 radical (unpaired) electrons. The van der Waals surface area contributed by atoms with Gasteiger partial charge < -0.3 is 9.47 Å². The topological polar surface area (TPSA) is 76.2 Å². The molecule has 8 heteroatoms. The molecular formula is C32H25BrN2O5. The Morgan fingerprint density at radius 2 is 1.60 bits per heavy atom. The number of methoxy groups -OCH3 is 1. The minimum absolute atomic E-state index is 0.179. The Balaban J connectivity index is 1.69. The van der Waals surface area contributed by atoms with Gasteiger partial charge in [-0.1, -0.05) is 66.7 Å². The molecule has 1 fully saturated rings. The molecule has 0 bridgehead atoms. The molecular weight excluding hydrogens is 572 g/mol. The number of urea groups is 1. The molecule has 40 heavy (non-hydrogen) atoms. The number of nitrogens with zero attached hydrogens (tertiary/aromatic N) is 2. The summed E-state index contributed by atoms with van der Waals surface area (Å²) in [7, 11) is 1.50. The Morgan fingerprint density at radius 1 is 0.900 bits per heavy atom. The van der Waals surface area contributed by atoms with E-state index in [-0.39, 0.29) is 12.2 Å². The van der Waals surface area contributed by atoms with Crippen LogP contribution in [-0.2, 0) is 9.59 Å². The lowest BCUT2D eigenvalue weighted by atomic mass is 10.0. The Hall–Kier alpha value is -4.69. The van der Waals surface area contributed by atoms with Crippen LogP contribution in [0.4, 0.5) is 16.2 Å². The number of carbonyl (C=O) groups excluding carboxylic acids is 3. The van der Waals surface area contributed by atoms with Crippen molar-refractivity contribution in [3.63, 3.8) is 0 Å². The van der Waals surface area contributed by atoms with Crippen molar-refractivity contribution in [2.75, 3.05) is 23.5 Å². The normalized spacial score (nSPS) is 14.7. The van der Waals surface area contributed by atoms with Crippen LogP contribution in [0.1, 0.15) is 11.1 Å². The summed E-state index contributed by atoms with van der Waals surface area (Å²) in [5.41, 5.74) is 2.03. The predicted octanol–water partition coefficient (Wildman–Crippen LogP) is 7.07. The fourth-order valence-corrected chi connectivity index (χ4v) is 5.11. The summed E-state index contributed by atoms with van der Waals surface area (Å²) in [4.78, 5) is 43.8. The smallest absolute Gasteiger partial charge is 0.343 e. The van der Waals surface area contributed by atoms with Crippen molar-refractivity contribution in [2.45, 2.75) is 6.92 Å². The van der Waals surface area contributed by atoms with E-state index in [1.54, 1.807) is 42.5 Å². The third kappa shape index (κ3) is 4.89. The quantitative estimate of drug-likeness (QED) is 0.130. The van der Waals surface area contributed by atoms with Gasteiger partial charge in [0.05, 0.1) is 23.0 Å². The zero-order valence-electron chi connectivity index (χ0n) is 21.9. The fraction of sp³-hybridized carbons (Fsp3) is 0.0938. The Kier molecular flexibility index (Phi) is 7.53. The van der Waals surface area contributed by atoms with Gasteiger partial charge >= 0.3 is 6.03 Å². The molecule has 0 aromatic heterocycles. The molecule has 1 aliphatic heterocycles. The predicted molar refractivity (Wildman–Crippen MR) is 160 cm³/mol. The van der Waals surface area contributed by atoms with Crippen molar-refractivity contribution in [2.24, 2.45) is 0 Å². The van der Waals surface area contributed by atoms with Gasteiger partial charge in [-0.05, 0) is 70.2 Å². The first kappa shape index (κ1) is 26.9. The van der Waals surface area contributed by atoms with Gasteiger partial charge in [0.15, 0.2) is 11.5 Å². The molecule has 5 rings (SSSR count). The second kappa shape index (κ2) is 11.2. The Labute approximate surface area is 240 Å². The van der Waals surface area contributed by atoms with E-state index in [9.17, 15) is 14.4 Å². The standard InChI is InChI=1S/C32H25BrN2O5/c1-4-16-40-29-26(33)18-21(19-28(29)39-3)17-25-30(36)34(23-14-12-20(2)13-15-23)32(38)35(31(25)37)27-11-7-9-22-8-5-6-10-24(22)27/h4-15,17-19H,1,16H2,2-3H3/b25-17+. The number of rotatable bonds is 7. The maximum Gasteiger partial charge on any atom is 0.343 e. The first-order chi connectivity index (χ1) is 19.3. The minimum atomic E-state index is -0.751. The number of benzene rings is 4. The van der Waals surface area contributed by atoms with Gasteiger partial charge in [0, 0.05) is 5.39 Å². The zero-order chi connectivity index (χ0) is 28.4. The molecule has 1 saturated heterocycles. The van der Waals surface area contributed by atoms with Crippen molar-refractivity contribution in [3.8, 4) is 11.5 Å². The number of hydrogen-bond acceptors (Lipinski definition) is 5.